The Morgan fingerprint density at radius 3 is 2.34 bits per heavy atom. The van der Waals surface area contributed by atoms with Crippen LogP contribution in [0, 0.1) is 0 Å². The number of halogens is 1. The highest BCUT2D eigenvalue weighted by atomic mass is 35.5. The molecule has 5 heteroatoms. The molecule has 0 aliphatic carbocycles. The number of anilines is 1. The number of carbonyl (C=O) groups excluding carboxylic acids is 1. The number of rotatable bonds is 3. The normalized spacial score (nSPS) is 17.7. The van der Waals surface area contributed by atoms with Gasteiger partial charge in [0.15, 0.2) is 5.60 Å². The van der Waals surface area contributed by atoms with Gasteiger partial charge >= 0.3 is 5.97 Å². The second-order valence-corrected chi connectivity index (χ2v) is 8.35. The summed E-state index contributed by atoms with van der Waals surface area (Å²) < 4.78 is 12.4. The van der Waals surface area contributed by atoms with Crippen molar-refractivity contribution in [3.05, 3.63) is 124 Å². The van der Waals surface area contributed by atoms with Crippen LogP contribution in [0.5, 0.6) is 11.5 Å². The Morgan fingerprint density at radius 1 is 0.781 bits per heavy atom. The van der Waals surface area contributed by atoms with Crippen LogP contribution in [0.25, 0.3) is 0 Å². The first-order valence-corrected chi connectivity index (χ1v) is 10.8. The molecule has 0 amide bonds. The molecule has 6 rings (SSSR count). The second kappa shape index (κ2) is 7.14. The average Bonchev–Trinajstić information content (AvgIpc) is 3.11. The van der Waals surface area contributed by atoms with Gasteiger partial charge < -0.3 is 14.8 Å². The monoisotopic (exact) mass is 439 g/mol. The van der Waals surface area contributed by atoms with E-state index >= 15 is 0 Å². The third-order valence-electron chi connectivity index (χ3n) is 6.02. The zero-order valence-corrected chi connectivity index (χ0v) is 17.7. The van der Waals surface area contributed by atoms with Crippen molar-refractivity contribution in [1.82, 2.24) is 0 Å². The SMILES string of the molecule is O=C1OC2(c3ccc(Cl)cc3Oc3cc(NCc4ccccc4)ccc32)c2ccccc21. The average molecular weight is 440 g/mol. The van der Waals surface area contributed by atoms with Gasteiger partial charge in [-0.2, -0.15) is 0 Å². The quantitative estimate of drug-likeness (QED) is 0.369. The Kier molecular flexibility index (Phi) is 4.23. The van der Waals surface area contributed by atoms with Crippen molar-refractivity contribution in [3.63, 3.8) is 0 Å². The molecule has 1 unspecified atom stereocenters. The molecule has 0 saturated heterocycles. The number of hydrogen-bond donors (Lipinski definition) is 1. The highest BCUT2D eigenvalue weighted by molar-refractivity contribution is 6.30. The minimum Gasteiger partial charge on any atom is -0.456 e. The predicted octanol–water partition coefficient (Wildman–Crippen LogP) is 6.52. The molecular weight excluding hydrogens is 422 g/mol. The predicted molar refractivity (Wildman–Crippen MR) is 123 cm³/mol. The topological polar surface area (TPSA) is 47.6 Å². The summed E-state index contributed by atoms with van der Waals surface area (Å²) in [5.41, 5.74) is 3.94. The van der Waals surface area contributed by atoms with Crippen LogP contribution in [0.1, 0.15) is 32.6 Å². The van der Waals surface area contributed by atoms with Gasteiger partial charge in [0, 0.05) is 40.0 Å². The Balaban J connectivity index is 1.49. The summed E-state index contributed by atoms with van der Waals surface area (Å²) in [6.45, 7) is 0.686. The van der Waals surface area contributed by atoms with Crippen LogP contribution in [0.2, 0.25) is 5.02 Å². The number of nitrogens with one attached hydrogen (secondary N) is 1. The molecule has 2 heterocycles. The molecule has 4 aromatic rings. The van der Waals surface area contributed by atoms with Gasteiger partial charge in [-0.05, 0) is 42.0 Å². The molecule has 1 atom stereocenters. The summed E-state index contributed by atoms with van der Waals surface area (Å²) in [5.74, 6) is 0.859. The molecular formula is C27H18ClNO3. The first-order chi connectivity index (χ1) is 15.6. The van der Waals surface area contributed by atoms with E-state index in [9.17, 15) is 4.79 Å². The van der Waals surface area contributed by atoms with Gasteiger partial charge in [0.2, 0.25) is 0 Å². The lowest BCUT2D eigenvalue weighted by molar-refractivity contribution is 0.0224. The molecule has 0 saturated carbocycles. The van der Waals surface area contributed by atoms with Crippen molar-refractivity contribution in [2.24, 2.45) is 0 Å². The number of ether oxygens (including phenoxy) is 2. The van der Waals surface area contributed by atoms with Crippen molar-refractivity contribution in [3.8, 4) is 11.5 Å². The van der Waals surface area contributed by atoms with E-state index in [0.717, 1.165) is 22.4 Å². The Labute approximate surface area is 190 Å². The fraction of sp³-hybridized carbons (Fsp3) is 0.0741. The smallest absolute Gasteiger partial charge is 0.340 e. The fourth-order valence-electron chi connectivity index (χ4n) is 4.56. The van der Waals surface area contributed by atoms with E-state index < -0.39 is 5.60 Å². The molecule has 0 fully saturated rings. The summed E-state index contributed by atoms with van der Waals surface area (Å²) in [4.78, 5) is 12.9. The number of hydrogen-bond acceptors (Lipinski definition) is 4. The highest BCUT2D eigenvalue weighted by Crippen LogP contribution is 2.56. The van der Waals surface area contributed by atoms with E-state index in [1.165, 1.54) is 5.56 Å². The Bertz CT molecular complexity index is 1370. The summed E-state index contributed by atoms with van der Waals surface area (Å²) in [6.07, 6.45) is 0. The molecule has 2 aliphatic rings. The lowest BCUT2D eigenvalue weighted by atomic mass is 9.77. The van der Waals surface area contributed by atoms with Gasteiger partial charge in [0.05, 0.1) is 5.56 Å². The first-order valence-electron chi connectivity index (χ1n) is 10.4. The maximum absolute atomic E-state index is 12.9. The van der Waals surface area contributed by atoms with Gasteiger partial charge in [0.1, 0.15) is 11.5 Å². The van der Waals surface area contributed by atoms with Crippen LogP contribution in [-0.2, 0) is 16.9 Å². The van der Waals surface area contributed by atoms with E-state index in [4.69, 9.17) is 21.1 Å². The molecule has 1 N–H and O–H groups in total. The second-order valence-electron chi connectivity index (χ2n) is 7.91. The molecule has 0 aromatic heterocycles. The lowest BCUT2D eigenvalue weighted by Gasteiger charge is -2.36. The van der Waals surface area contributed by atoms with Crippen LogP contribution in [0.3, 0.4) is 0 Å². The fourth-order valence-corrected chi connectivity index (χ4v) is 4.72. The molecule has 4 nitrogen and oxygen atoms in total. The van der Waals surface area contributed by atoms with E-state index in [0.29, 0.717) is 28.6 Å². The van der Waals surface area contributed by atoms with Crippen LogP contribution >= 0.6 is 11.6 Å². The van der Waals surface area contributed by atoms with Gasteiger partial charge in [-0.3, -0.25) is 0 Å². The van der Waals surface area contributed by atoms with Crippen molar-refractivity contribution >= 4 is 23.3 Å². The molecule has 0 radical (unpaired) electrons. The Morgan fingerprint density at radius 2 is 1.50 bits per heavy atom. The van der Waals surface area contributed by atoms with E-state index in [-0.39, 0.29) is 5.97 Å². The number of fused-ring (bicyclic) bond motifs is 6. The maximum atomic E-state index is 12.9. The molecule has 156 valence electrons. The van der Waals surface area contributed by atoms with Gasteiger partial charge in [-0.15, -0.1) is 0 Å². The minimum absolute atomic E-state index is 0.347. The van der Waals surface area contributed by atoms with Gasteiger partial charge in [-0.25, -0.2) is 4.79 Å². The lowest BCUT2D eigenvalue weighted by Crippen LogP contribution is -2.33. The van der Waals surface area contributed by atoms with E-state index in [2.05, 4.69) is 17.4 Å². The number of carbonyl (C=O) groups is 1. The third-order valence-corrected chi connectivity index (χ3v) is 6.25. The molecule has 0 bridgehead atoms. The standard InChI is InChI=1S/C27H18ClNO3/c28-18-10-12-22-24(14-18)31-25-15-19(29-16-17-6-2-1-3-7-17)11-13-23(25)27(22)21-9-5-4-8-20(21)26(30)32-27/h1-15,29H,16H2. The molecule has 4 aromatic carbocycles. The molecule has 2 aliphatic heterocycles. The molecule has 1 spiro atoms. The van der Waals surface area contributed by atoms with Crippen LogP contribution < -0.4 is 10.1 Å². The minimum atomic E-state index is -1.07. The summed E-state index contributed by atoms with van der Waals surface area (Å²) in [5, 5.41) is 3.99. The van der Waals surface area contributed by atoms with Crippen molar-refractivity contribution in [2.75, 3.05) is 5.32 Å². The maximum Gasteiger partial charge on any atom is 0.340 e. The van der Waals surface area contributed by atoms with Crippen molar-refractivity contribution in [1.29, 1.82) is 0 Å². The number of benzene rings is 4. The van der Waals surface area contributed by atoms with Crippen molar-refractivity contribution < 1.29 is 14.3 Å². The summed E-state index contributed by atoms with van der Waals surface area (Å²) in [6, 6.07) is 29.0. The number of esters is 1. The third kappa shape index (κ3) is 2.80. The zero-order valence-electron chi connectivity index (χ0n) is 17.0. The molecule has 32 heavy (non-hydrogen) atoms. The Hall–Kier alpha value is -3.76. The largest absolute Gasteiger partial charge is 0.456 e. The van der Waals surface area contributed by atoms with E-state index in [1.807, 2.05) is 60.7 Å². The summed E-state index contributed by atoms with van der Waals surface area (Å²) in [7, 11) is 0. The first kappa shape index (κ1) is 19.0. The van der Waals surface area contributed by atoms with Crippen LogP contribution in [-0.4, -0.2) is 5.97 Å². The highest BCUT2D eigenvalue weighted by Gasteiger charge is 2.53. The van der Waals surface area contributed by atoms with Gasteiger partial charge in [-0.1, -0.05) is 60.1 Å². The van der Waals surface area contributed by atoms with E-state index in [1.54, 1.807) is 18.2 Å². The van der Waals surface area contributed by atoms with Crippen molar-refractivity contribution in [2.45, 2.75) is 12.1 Å². The van der Waals surface area contributed by atoms with Crippen LogP contribution in [0.15, 0.2) is 91.0 Å². The van der Waals surface area contributed by atoms with Crippen LogP contribution in [0.4, 0.5) is 5.69 Å². The zero-order chi connectivity index (χ0) is 21.7. The van der Waals surface area contributed by atoms with Gasteiger partial charge in [0.25, 0.3) is 0 Å². The summed E-state index contributed by atoms with van der Waals surface area (Å²) >= 11 is 6.28.